The number of likely N-dealkylation sites (N-methyl/N-ethyl adjacent to an activating group) is 1. The third-order valence-corrected chi connectivity index (χ3v) is 4.31. The molecule has 0 saturated carbocycles. The van der Waals surface area contributed by atoms with Gasteiger partial charge in [-0.25, -0.2) is 0 Å². The molecule has 1 N–H and O–H groups in total. The number of para-hydroxylation sites is 1. The van der Waals surface area contributed by atoms with Crippen molar-refractivity contribution in [1.82, 2.24) is 0 Å². The van der Waals surface area contributed by atoms with Gasteiger partial charge in [0, 0.05) is 11.5 Å². The fourth-order valence-corrected chi connectivity index (χ4v) is 2.83. The number of rotatable bonds is 2. The Morgan fingerprint density at radius 3 is 2.91 bits per heavy atom. The van der Waals surface area contributed by atoms with Gasteiger partial charge >= 0.3 is 0 Å². The van der Waals surface area contributed by atoms with E-state index in [2.05, 4.69) is 21.2 Å². The molecule has 118 valence electrons. The zero-order valence-corrected chi connectivity index (χ0v) is 14.4. The van der Waals surface area contributed by atoms with Gasteiger partial charge in [0.05, 0.1) is 22.0 Å². The van der Waals surface area contributed by atoms with Gasteiger partial charge in [-0.3, -0.25) is 9.59 Å². The smallest absolute Gasteiger partial charge is 0.264 e. The van der Waals surface area contributed by atoms with Crippen LogP contribution in [-0.4, -0.2) is 25.5 Å². The van der Waals surface area contributed by atoms with Crippen molar-refractivity contribution >= 4 is 50.7 Å². The van der Waals surface area contributed by atoms with Crippen LogP contribution < -0.4 is 15.0 Å². The molecule has 0 unspecified atom stereocenters. The van der Waals surface area contributed by atoms with Crippen LogP contribution in [0, 0.1) is 0 Å². The molecule has 1 heterocycles. The number of ether oxygens (including phenoxy) is 1. The summed E-state index contributed by atoms with van der Waals surface area (Å²) in [6.45, 7) is -0.0615. The Balaban J connectivity index is 1.94. The fourth-order valence-electron chi connectivity index (χ4n) is 2.27. The number of hydrogen-bond acceptors (Lipinski definition) is 3. The molecule has 1 aliphatic heterocycles. The van der Waals surface area contributed by atoms with E-state index in [1.54, 1.807) is 43.4 Å². The molecule has 0 fully saturated rings. The molecule has 0 spiro atoms. The second-order valence-electron chi connectivity index (χ2n) is 4.97. The number of nitrogens with zero attached hydrogens (tertiary/aromatic N) is 1. The van der Waals surface area contributed by atoms with Crippen molar-refractivity contribution < 1.29 is 14.3 Å². The van der Waals surface area contributed by atoms with Crippen LogP contribution in [0.5, 0.6) is 5.75 Å². The minimum Gasteiger partial charge on any atom is -0.479 e. The predicted molar refractivity (Wildman–Crippen MR) is 92.5 cm³/mol. The zero-order chi connectivity index (χ0) is 16.6. The van der Waals surface area contributed by atoms with Crippen LogP contribution in [0.3, 0.4) is 0 Å². The average molecular weight is 396 g/mol. The second kappa shape index (κ2) is 6.22. The molecule has 0 radical (unpaired) electrons. The first-order valence-corrected chi connectivity index (χ1v) is 7.93. The summed E-state index contributed by atoms with van der Waals surface area (Å²) in [7, 11) is 1.67. The van der Waals surface area contributed by atoms with Crippen molar-refractivity contribution in [3.05, 3.63) is 51.5 Å². The molecule has 5 nitrogen and oxygen atoms in total. The van der Waals surface area contributed by atoms with Gasteiger partial charge in [-0.15, -0.1) is 0 Å². The van der Waals surface area contributed by atoms with Gasteiger partial charge in [0.15, 0.2) is 12.4 Å². The van der Waals surface area contributed by atoms with Crippen LogP contribution >= 0.6 is 27.5 Å². The van der Waals surface area contributed by atoms with Crippen LogP contribution in [0.4, 0.5) is 11.4 Å². The second-order valence-corrected chi connectivity index (χ2v) is 6.30. The normalized spacial score (nSPS) is 13.3. The van der Waals surface area contributed by atoms with Gasteiger partial charge in [-0.2, -0.15) is 0 Å². The molecule has 0 bridgehead atoms. The molecule has 2 aromatic carbocycles. The predicted octanol–water partition coefficient (Wildman–Crippen LogP) is 3.71. The Hall–Kier alpha value is -2.05. The highest BCUT2D eigenvalue weighted by molar-refractivity contribution is 9.10. The molecule has 1 aliphatic rings. The maximum atomic E-state index is 12.5. The van der Waals surface area contributed by atoms with E-state index in [1.807, 2.05) is 0 Å². The lowest BCUT2D eigenvalue weighted by Crippen LogP contribution is -2.35. The van der Waals surface area contributed by atoms with Gasteiger partial charge in [-0.05, 0) is 30.3 Å². The molecule has 0 atom stereocenters. The molecule has 2 amide bonds. The van der Waals surface area contributed by atoms with Gasteiger partial charge in [0.1, 0.15) is 0 Å². The molecular weight excluding hydrogens is 384 g/mol. The van der Waals surface area contributed by atoms with E-state index < -0.39 is 0 Å². The molecule has 0 aliphatic carbocycles. The van der Waals surface area contributed by atoms with Gasteiger partial charge < -0.3 is 15.0 Å². The number of halogens is 2. The lowest BCUT2D eigenvalue weighted by atomic mass is 10.1. The lowest BCUT2D eigenvalue weighted by molar-refractivity contribution is -0.120. The van der Waals surface area contributed by atoms with Crippen LogP contribution in [0.1, 0.15) is 10.4 Å². The number of anilines is 2. The lowest BCUT2D eigenvalue weighted by Gasteiger charge is -2.27. The first-order chi connectivity index (χ1) is 11.0. The highest BCUT2D eigenvalue weighted by Crippen LogP contribution is 2.38. The van der Waals surface area contributed by atoms with E-state index >= 15 is 0 Å². The number of hydrogen-bond donors (Lipinski definition) is 1. The van der Waals surface area contributed by atoms with Crippen molar-refractivity contribution in [2.75, 3.05) is 23.9 Å². The molecule has 0 aromatic heterocycles. The summed E-state index contributed by atoms with van der Waals surface area (Å²) in [6.07, 6.45) is 0. The van der Waals surface area contributed by atoms with E-state index in [4.69, 9.17) is 16.3 Å². The third kappa shape index (κ3) is 3.04. The summed E-state index contributed by atoms with van der Waals surface area (Å²) in [5, 5.41) is 3.13. The van der Waals surface area contributed by atoms with Crippen LogP contribution in [0.15, 0.2) is 40.9 Å². The van der Waals surface area contributed by atoms with Crippen LogP contribution in [0.2, 0.25) is 5.02 Å². The van der Waals surface area contributed by atoms with Crippen molar-refractivity contribution in [2.24, 2.45) is 0 Å². The maximum Gasteiger partial charge on any atom is 0.264 e. The Labute approximate surface area is 146 Å². The largest absolute Gasteiger partial charge is 0.479 e. The number of benzene rings is 2. The number of amides is 2. The summed E-state index contributed by atoms with van der Waals surface area (Å²) in [5.41, 5.74) is 1.45. The minimum atomic E-state index is -0.354. The monoisotopic (exact) mass is 394 g/mol. The first kappa shape index (κ1) is 15.8. The molecular formula is C16H12BrClN2O3. The summed E-state index contributed by atoms with van der Waals surface area (Å²) in [5.74, 6) is -0.0297. The van der Waals surface area contributed by atoms with E-state index in [-0.39, 0.29) is 18.4 Å². The van der Waals surface area contributed by atoms with Crippen LogP contribution in [-0.2, 0) is 4.79 Å². The minimum absolute atomic E-state index is 0.0615. The average Bonchev–Trinajstić information content (AvgIpc) is 2.53. The summed E-state index contributed by atoms with van der Waals surface area (Å²) < 4.78 is 6.23. The Morgan fingerprint density at radius 2 is 2.13 bits per heavy atom. The van der Waals surface area contributed by atoms with Crippen LogP contribution in [0.25, 0.3) is 0 Å². The van der Waals surface area contributed by atoms with Gasteiger partial charge in [0.2, 0.25) is 0 Å². The summed E-state index contributed by atoms with van der Waals surface area (Å²) >= 11 is 9.39. The highest BCUT2D eigenvalue weighted by atomic mass is 79.9. The Morgan fingerprint density at radius 1 is 1.35 bits per heavy atom. The molecule has 7 heteroatoms. The molecule has 3 rings (SSSR count). The van der Waals surface area contributed by atoms with Crippen molar-refractivity contribution in [3.63, 3.8) is 0 Å². The summed E-state index contributed by atoms with van der Waals surface area (Å²) in [6, 6.07) is 10.3. The maximum absolute atomic E-state index is 12.5. The van der Waals surface area contributed by atoms with E-state index in [9.17, 15) is 9.59 Å². The van der Waals surface area contributed by atoms with E-state index in [0.717, 1.165) is 4.47 Å². The highest BCUT2D eigenvalue weighted by Gasteiger charge is 2.25. The van der Waals surface area contributed by atoms with E-state index in [0.29, 0.717) is 27.7 Å². The standard InChI is InChI=1S/C16H12BrClN2O3/c1-20-13-4-2-3-12(15(13)23-8-14(20)21)19-16(22)10-7-9(17)5-6-11(10)18/h2-7H,8H2,1H3,(H,19,22). The molecule has 23 heavy (non-hydrogen) atoms. The third-order valence-electron chi connectivity index (χ3n) is 3.49. The van der Waals surface area contributed by atoms with E-state index in [1.165, 1.54) is 4.90 Å². The van der Waals surface area contributed by atoms with Gasteiger partial charge in [-0.1, -0.05) is 33.6 Å². The topological polar surface area (TPSA) is 58.6 Å². The quantitative estimate of drug-likeness (QED) is 0.843. The first-order valence-electron chi connectivity index (χ1n) is 6.76. The summed E-state index contributed by atoms with van der Waals surface area (Å²) in [4.78, 5) is 25.7. The van der Waals surface area contributed by atoms with Crippen molar-refractivity contribution in [1.29, 1.82) is 0 Å². The number of carbonyl (C=O) groups is 2. The van der Waals surface area contributed by atoms with Gasteiger partial charge in [0.25, 0.3) is 11.8 Å². The van der Waals surface area contributed by atoms with Crippen molar-refractivity contribution in [3.8, 4) is 5.75 Å². The number of fused-ring (bicyclic) bond motifs is 1. The fraction of sp³-hybridized carbons (Fsp3) is 0.125. The Kier molecular flexibility index (Phi) is 4.28. The molecule has 2 aromatic rings. The Bertz CT molecular complexity index is 810. The van der Waals surface area contributed by atoms with Crippen molar-refractivity contribution in [2.45, 2.75) is 0 Å². The molecule has 0 saturated heterocycles. The number of nitrogens with one attached hydrogen (secondary N) is 1. The number of carbonyl (C=O) groups excluding carboxylic acids is 2. The SMILES string of the molecule is CN1C(=O)COc2c(NC(=O)c3cc(Br)ccc3Cl)cccc21. The zero-order valence-electron chi connectivity index (χ0n) is 12.1.